The molecule has 2 aliphatic carbocycles. The van der Waals surface area contributed by atoms with Crippen molar-refractivity contribution in [1.82, 2.24) is 4.90 Å². The molecule has 2 fully saturated rings. The molecule has 2 saturated carbocycles. The van der Waals surface area contributed by atoms with Crippen LogP contribution in [0.4, 0.5) is 0 Å². The average Bonchev–Trinajstić information content (AvgIpc) is 3.19. The van der Waals surface area contributed by atoms with Gasteiger partial charge in [0.05, 0.1) is 11.6 Å². The van der Waals surface area contributed by atoms with Crippen molar-refractivity contribution in [2.24, 2.45) is 11.7 Å². The predicted molar refractivity (Wildman–Crippen MR) is 75.6 cm³/mol. The minimum absolute atomic E-state index is 0.0871. The van der Waals surface area contributed by atoms with Crippen LogP contribution in [0.5, 0.6) is 0 Å². The number of hydrogen-bond donors (Lipinski definition) is 1. The molecule has 0 aromatic heterocycles. The highest BCUT2D eigenvalue weighted by Gasteiger charge is 2.46. The van der Waals surface area contributed by atoms with E-state index in [0.717, 1.165) is 12.5 Å². The average molecular weight is 254 g/mol. The zero-order chi connectivity index (χ0) is 13.2. The van der Waals surface area contributed by atoms with Crippen molar-refractivity contribution in [3.63, 3.8) is 0 Å². The molecule has 3 nitrogen and oxygen atoms in total. The fraction of sp³-hybridized carbons (Fsp3) is 1.00. The first-order valence-electron chi connectivity index (χ1n) is 7.63. The van der Waals surface area contributed by atoms with E-state index in [1.807, 2.05) is 7.11 Å². The predicted octanol–water partition coefficient (Wildman–Crippen LogP) is 2.39. The van der Waals surface area contributed by atoms with Crippen molar-refractivity contribution >= 4 is 0 Å². The van der Waals surface area contributed by atoms with Crippen LogP contribution >= 0.6 is 0 Å². The molecule has 0 amide bonds. The Hall–Kier alpha value is -0.120. The third-order valence-corrected chi connectivity index (χ3v) is 4.91. The second kappa shape index (κ2) is 5.89. The highest BCUT2D eigenvalue weighted by molar-refractivity contribution is 5.03. The highest BCUT2D eigenvalue weighted by Crippen LogP contribution is 2.39. The first-order chi connectivity index (χ1) is 8.64. The Morgan fingerprint density at radius 1 is 1.28 bits per heavy atom. The highest BCUT2D eigenvalue weighted by atomic mass is 16.5. The summed E-state index contributed by atoms with van der Waals surface area (Å²) in [7, 11) is 1.86. The van der Waals surface area contributed by atoms with E-state index in [1.165, 1.54) is 45.1 Å². The molecule has 2 atom stereocenters. The summed E-state index contributed by atoms with van der Waals surface area (Å²) >= 11 is 0. The van der Waals surface area contributed by atoms with E-state index in [1.54, 1.807) is 0 Å². The molecule has 0 aromatic rings. The van der Waals surface area contributed by atoms with Gasteiger partial charge in [-0.2, -0.15) is 0 Å². The van der Waals surface area contributed by atoms with Gasteiger partial charge in [-0.25, -0.2) is 0 Å². The van der Waals surface area contributed by atoms with E-state index in [0.29, 0.717) is 12.1 Å². The zero-order valence-electron chi connectivity index (χ0n) is 12.3. The minimum Gasteiger partial charge on any atom is -0.379 e. The van der Waals surface area contributed by atoms with Crippen LogP contribution < -0.4 is 5.73 Å². The summed E-state index contributed by atoms with van der Waals surface area (Å²) in [5.41, 5.74) is 6.30. The third-order valence-electron chi connectivity index (χ3n) is 4.91. The van der Waals surface area contributed by atoms with Crippen LogP contribution in [0, 0.1) is 5.92 Å². The molecule has 2 aliphatic rings. The van der Waals surface area contributed by atoms with Crippen LogP contribution in [0.2, 0.25) is 0 Å². The summed E-state index contributed by atoms with van der Waals surface area (Å²) < 4.78 is 5.81. The summed E-state index contributed by atoms with van der Waals surface area (Å²) in [4.78, 5) is 2.66. The van der Waals surface area contributed by atoms with E-state index < -0.39 is 0 Å². The zero-order valence-corrected chi connectivity index (χ0v) is 12.3. The van der Waals surface area contributed by atoms with Crippen molar-refractivity contribution < 1.29 is 4.74 Å². The Kier molecular flexibility index (Phi) is 4.68. The Morgan fingerprint density at radius 2 is 2.00 bits per heavy atom. The van der Waals surface area contributed by atoms with Crippen molar-refractivity contribution in [1.29, 1.82) is 0 Å². The van der Waals surface area contributed by atoms with Crippen LogP contribution in [-0.2, 0) is 4.74 Å². The SMILES string of the molecule is COC1CCCCC1(CN)N(CC1CC1)C(C)C. The van der Waals surface area contributed by atoms with Gasteiger partial charge < -0.3 is 10.5 Å². The smallest absolute Gasteiger partial charge is 0.0767 e. The van der Waals surface area contributed by atoms with Crippen molar-refractivity contribution in [3.05, 3.63) is 0 Å². The Bertz CT molecular complexity index is 265. The molecule has 0 saturated heterocycles. The maximum absolute atomic E-state index is 6.22. The molecule has 3 heteroatoms. The van der Waals surface area contributed by atoms with Gasteiger partial charge in [0.1, 0.15) is 0 Å². The largest absolute Gasteiger partial charge is 0.379 e. The van der Waals surface area contributed by atoms with Gasteiger partial charge in [0, 0.05) is 26.2 Å². The molecule has 0 bridgehead atoms. The van der Waals surface area contributed by atoms with Gasteiger partial charge in [0.15, 0.2) is 0 Å². The molecule has 18 heavy (non-hydrogen) atoms. The lowest BCUT2D eigenvalue weighted by molar-refractivity contribution is -0.0887. The normalized spacial score (nSPS) is 33.3. The Morgan fingerprint density at radius 3 is 2.50 bits per heavy atom. The Labute approximate surface area is 112 Å². The van der Waals surface area contributed by atoms with Gasteiger partial charge in [0.25, 0.3) is 0 Å². The molecule has 2 rings (SSSR count). The van der Waals surface area contributed by atoms with Gasteiger partial charge in [-0.05, 0) is 45.4 Å². The number of methoxy groups -OCH3 is 1. The van der Waals surface area contributed by atoms with E-state index in [4.69, 9.17) is 10.5 Å². The first kappa shape index (κ1) is 14.3. The molecule has 106 valence electrons. The van der Waals surface area contributed by atoms with Gasteiger partial charge in [0.2, 0.25) is 0 Å². The van der Waals surface area contributed by atoms with E-state index >= 15 is 0 Å². The first-order valence-corrected chi connectivity index (χ1v) is 7.63. The molecule has 0 aromatic carbocycles. The molecule has 0 spiro atoms. The van der Waals surface area contributed by atoms with Crippen molar-refractivity contribution in [3.8, 4) is 0 Å². The number of nitrogens with two attached hydrogens (primary N) is 1. The van der Waals surface area contributed by atoms with E-state index in [2.05, 4.69) is 18.7 Å². The van der Waals surface area contributed by atoms with E-state index in [-0.39, 0.29) is 5.54 Å². The number of nitrogens with zero attached hydrogens (tertiary/aromatic N) is 1. The molecule has 2 unspecified atom stereocenters. The molecule has 0 heterocycles. The summed E-state index contributed by atoms with van der Waals surface area (Å²) in [6.07, 6.45) is 8.08. The van der Waals surface area contributed by atoms with Crippen LogP contribution in [0.25, 0.3) is 0 Å². The summed E-state index contributed by atoms with van der Waals surface area (Å²) in [6, 6.07) is 0.560. The monoisotopic (exact) mass is 254 g/mol. The molecular formula is C15H30N2O. The second-order valence-corrected chi connectivity index (χ2v) is 6.47. The number of rotatable bonds is 6. The summed E-state index contributed by atoms with van der Waals surface area (Å²) in [6.45, 7) is 6.56. The van der Waals surface area contributed by atoms with Gasteiger partial charge in [-0.1, -0.05) is 12.8 Å². The van der Waals surface area contributed by atoms with Crippen LogP contribution in [0.1, 0.15) is 52.4 Å². The molecule has 2 N–H and O–H groups in total. The summed E-state index contributed by atoms with van der Waals surface area (Å²) in [5.74, 6) is 0.912. The van der Waals surface area contributed by atoms with Crippen LogP contribution in [-0.4, -0.2) is 42.8 Å². The van der Waals surface area contributed by atoms with E-state index in [9.17, 15) is 0 Å². The van der Waals surface area contributed by atoms with Crippen molar-refractivity contribution in [2.45, 2.75) is 70.1 Å². The third kappa shape index (κ3) is 2.73. The lowest BCUT2D eigenvalue weighted by atomic mass is 9.76. The lowest BCUT2D eigenvalue weighted by Gasteiger charge is -2.52. The molecule has 0 radical (unpaired) electrons. The standard InChI is InChI=1S/C15H30N2O/c1-12(2)17(10-13-7-8-13)15(11-16)9-5-4-6-14(15)18-3/h12-14H,4-11,16H2,1-3H3. The van der Waals surface area contributed by atoms with Crippen LogP contribution in [0.3, 0.4) is 0 Å². The van der Waals surface area contributed by atoms with Crippen molar-refractivity contribution in [2.75, 3.05) is 20.2 Å². The number of hydrogen-bond acceptors (Lipinski definition) is 3. The summed E-state index contributed by atoms with van der Waals surface area (Å²) in [5, 5.41) is 0. The van der Waals surface area contributed by atoms with Gasteiger partial charge in [-0.15, -0.1) is 0 Å². The fourth-order valence-corrected chi connectivity index (χ4v) is 3.69. The van der Waals surface area contributed by atoms with Gasteiger partial charge >= 0.3 is 0 Å². The number of ether oxygens (including phenoxy) is 1. The minimum atomic E-state index is 0.0871. The molecular weight excluding hydrogens is 224 g/mol. The lowest BCUT2D eigenvalue weighted by Crippen LogP contribution is -2.65. The quantitative estimate of drug-likeness (QED) is 0.791. The Balaban J connectivity index is 2.19. The fourth-order valence-electron chi connectivity index (χ4n) is 3.69. The van der Waals surface area contributed by atoms with Crippen LogP contribution in [0.15, 0.2) is 0 Å². The topological polar surface area (TPSA) is 38.5 Å². The maximum Gasteiger partial charge on any atom is 0.0767 e. The second-order valence-electron chi connectivity index (χ2n) is 6.47. The molecule has 0 aliphatic heterocycles. The maximum atomic E-state index is 6.22. The van der Waals surface area contributed by atoms with Gasteiger partial charge in [-0.3, -0.25) is 4.90 Å².